The number of rotatable bonds is 4. The van der Waals surface area contributed by atoms with Gasteiger partial charge in [-0.2, -0.15) is 13.7 Å². The van der Waals surface area contributed by atoms with Crippen LogP contribution >= 0.6 is 0 Å². The molecule has 1 saturated carbocycles. The number of halogens is 1. The summed E-state index contributed by atoms with van der Waals surface area (Å²) in [7, 11) is -5.15. The van der Waals surface area contributed by atoms with E-state index in [-0.39, 0.29) is 17.2 Å². The second-order valence-corrected chi connectivity index (χ2v) is 9.79. The number of hydrogen-bond donors (Lipinski definition) is 1. The first-order valence-corrected chi connectivity index (χ1v) is 12.3. The molecule has 35 heavy (non-hydrogen) atoms. The lowest BCUT2D eigenvalue weighted by Gasteiger charge is -2.16. The standard InChI is InChI=1S/C26H18FN3O4S/c1-14-9-21-23(12-20(14)16-3-2-4-18(11-16)34-35(27,32)33)30(17-6-7-17)26-24(25(21)31)19-8-5-15(13-28)10-22(19)29-26/h2-5,8-12,17,29H,6-7H2,1H3. The van der Waals surface area contributed by atoms with Crippen LogP contribution in [0.4, 0.5) is 3.89 Å². The second-order valence-electron chi connectivity index (χ2n) is 8.84. The van der Waals surface area contributed by atoms with Gasteiger partial charge in [-0.15, -0.1) is 0 Å². The second kappa shape index (κ2) is 7.42. The van der Waals surface area contributed by atoms with E-state index >= 15 is 0 Å². The fourth-order valence-corrected chi connectivity index (χ4v) is 5.18. The SMILES string of the molecule is Cc1cc2c(=O)c3c4ccc(C#N)cc4[nH]c3n(C3CC3)c2cc1-c1cccc(OS(=O)(=O)F)c1. The number of benzene rings is 3. The van der Waals surface area contributed by atoms with Crippen LogP contribution in [0.5, 0.6) is 5.75 Å². The first-order valence-electron chi connectivity index (χ1n) is 11.0. The lowest BCUT2D eigenvalue weighted by atomic mass is 9.97. The van der Waals surface area contributed by atoms with E-state index in [0.717, 1.165) is 40.4 Å². The number of pyridine rings is 1. The summed E-state index contributed by atoms with van der Waals surface area (Å²) in [4.78, 5) is 17.1. The largest absolute Gasteiger partial charge is 0.488 e. The molecule has 3 aromatic carbocycles. The molecule has 2 heterocycles. The molecular formula is C26H18FN3O4S. The van der Waals surface area contributed by atoms with Gasteiger partial charge in [-0.05, 0) is 72.9 Å². The molecule has 0 aliphatic heterocycles. The van der Waals surface area contributed by atoms with Gasteiger partial charge in [0.1, 0.15) is 11.4 Å². The van der Waals surface area contributed by atoms with Gasteiger partial charge in [0.2, 0.25) is 0 Å². The molecule has 0 saturated heterocycles. The van der Waals surface area contributed by atoms with Crippen LogP contribution in [-0.4, -0.2) is 18.0 Å². The Morgan fingerprint density at radius 2 is 1.91 bits per heavy atom. The Morgan fingerprint density at radius 3 is 2.63 bits per heavy atom. The number of H-pyrrole nitrogens is 1. The molecule has 7 nitrogen and oxygen atoms in total. The number of nitriles is 1. The molecule has 0 spiro atoms. The van der Waals surface area contributed by atoms with Crippen molar-refractivity contribution in [2.45, 2.75) is 25.8 Å². The third-order valence-corrected chi connectivity index (χ3v) is 6.87. The van der Waals surface area contributed by atoms with Gasteiger partial charge in [0.15, 0.2) is 5.43 Å². The predicted molar refractivity (Wildman–Crippen MR) is 131 cm³/mol. The fraction of sp³-hybridized carbons (Fsp3) is 0.154. The quantitative estimate of drug-likeness (QED) is 0.341. The number of aryl methyl sites for hydroxylation is 1. The van der Waals surface area contributed by atoms with Crippen LogP contribution in [-0.2, 0) is 10.5 Å². The Kier molecular flexibility index (Phi) is 4.53. The zero-order valence-corrected chi connectivity index (χ0v) is 19.3. The van der Waals surface area contributed by atoms with Crippen molar-refractivity contribution in [1.29, 1.82) is 5.26 Å². The third kappa shape index (κ3) is 3.54. The smallest absolute Gasteiger partial charge is 0.358 e. The Morgan fingerprint density at radius 1 is 1.11 bits per heavy atom. The maximum atomic E-state index is 13.7. The monoisotopic (exact) mass is 487 g/mol. The molecule has 0 amide bonds. The van der Waals surface area contributed by atoms with Gasteiger partial charge in [0.05, 0.1) is 22.5 Å². The highest BCUT2D eigenvalue weighted by atomic mass is 32.3. The molecule has 0 atom stereocenters. The van der Waals surface area contributed by atoms with Gasteiger partial charge in [-0.1, -0.05) is 22.1 Å². The summed E-state index contributed by atoms with van der Waals surface area (Å²) in [6.45, 7) is 1.87. The number of aromatic nitrogens is 2. The summed E-state index contributed by atoms with van der Waals surface area (Å²) in [5, 5.41) is 11.2. The minimum absolute atomic E-state index is 0.0990. The van der Waals surface area contributed by atoms with Crippen molar-refractivity contribution in [3.63, 3.8) is 0 Å². The van der Waals surface area contributed by atoms with Crippen LogP contribution in [0.15, 0.2) is 59.4 Å². The third-order valence-electron chi connectivity index (χ3n) is 6.48. The minimum Gasteiger partial charge on any atom is -0.358 e. The van der Waals surface area contributed by atoms with Gasteiger partial charge in [-0.3, -0.25) is 4.79 Å². The van der Waals surface area contributed by atoms with E-state index in [4.69, 9.17) is 0 Å². The van der Waals surface area contributed by atoms with Gasteiger partial charge in [0.25, 0.3) is 0 Å². The summed E-state index contributed by atoms with van der Waals surface area (Å²) >= 11 is 0. The van der Waals surface area contributed by atoms with Gasteiger partial charge in [0, 0.05) is 22.3 Å². The number of hydrogen-bond acceptors (Lipinski definition) is 5. The molecular weight excluding hydrogens is 469 g/mol. The van der Waals surface area contributed by atoms with Crippen LogP contribution in [0.25, 0.3) is 44.0 Å². The maximum absolute atomic E-state index is 13.7. The zero-order chi connectivity index (χ0) is 24.5. The van der Waals surface area contributed by atoms with E-state index in [1.165, 1.54) is 12.1 Å². The Balaban J connectivity index is 1.66. The molecule has 1 N–H and O–H groups in total. The van der Waals surface area contributed by atoms with E-state index < -0.39 is 10.5 Å². The molecule has 5 aromatic rings. The molecule has 1 aliphatic carbocycles. The highest BCUT2D eigenvalue weighted by molar-refractivity contribution is 7.81. The normalized spacial score (nSPS) is 14.0. The van der Waals surface area contributed by atoms with Gasteiger partial charge in [-0.25, -0.2) is 0 Å². The molecule has 174 valence electrons. The molecule has 0 radical (unpaired) electrons. The van der Waals surface area contributed by atoms with Crippen molar-refractivity contribution in [3.8, 4) is 22.9 Å². The summed E-state index contributed by atoms with van der Waals surface area (Å²) in [5.41, 5.74) is 4.82. The van der Waals surface area contributed by atoms with Crippen LogP contribution in [0.2, 0.25) is 0 Å². The molecule has 1 aliphatic rings. The summed E-state index contributed by atoms with van der Waals surface area (Å²) in [6.07, 6.45) is 1.96. The average molecular weight is 488 g/mol. The van der Waals surface area contributed by atoms with E-state index in [1.807, 2.05) is 25.1 Å². The Bertz CT molecular complexity index is 1910. The molecule has 0 bridgehead atoms. The predicted octanol–water partition coefficient (Wildman–Crippen LogP) is 5.41. The fourth-order valence-electron chi connectivity index (χ4n) is 4.85. The molecule has 9 heteroatoms. The topological polar surface area (TPSA) is 105 Å². The average Bonchev–Trinajstić information content (AvgIpc) is 3.57. The lowest BCUT2D eigenvalue weighted by Crippen LogP contribution is -2.11. The first kappa shape index (κ1) is 21.4. The van der Waals surface area contributed by atoms with Crippen LogP contribution in [0.3, 0.4) is 0 Å². The van der Waals surface area contributed by atoms with E-state index in [1.54, 1.807) is 24.3 Å². The zero-order valence-electron chi connectivity index (χ0n) is 18.5. The number of nitrogens with zero attached hydrogens (tertiary/aromatic N) is 2. The molecule has 6 rings (SSSR count). The number of nitrogens with one attached hydrogen (secondary N) is 1. The lowest BCUT2D eigenvalue weighted by molar-refractivity contribution is 0.440. The van der Waals surface area contributed by atoms with Crippen LogP contribution in [0.1, 0.15) is 30.0 Å². The van der Waals surface area contributed by atoms with Crippen molar-refractivity contribution in [2.75, 3.05) is 0 Å². The molecule has 0 unspecified atom stereocenters. The first-order chi connectivity index (χ1) is 16.7. The van der Waals surface area contributed by atoms with Crippen molar-refractivity contribution in [2.24, 2.45) is 0 Å². The van der Waals surface area contributed by atoms with Crippen LogP contribution in [0, 0.1) is 18.3 Å². The van der Waals surface area contributed by atoms with Crippen molar-refractivity contribution in [3.05, 3.63) is 75.9 Å². The molecule has 1 fully saturated rings. The van der Waals surface area contributed by atoms with Crippen LogP contribution < -0.4 is 9.61 Å². The van der Waals surface area contributed by atoms with Crippen molar-refractivity contribution >= 4 is 43.3 Å². The number of fused-ring (bicyclic) bond motifs is 4. The minimum atomic E-state index is -5.15. The van der Waals surface area contributed by atoms with Gasteiger partial charge >= 0.3 is 10.5 Å². The Labute approximate surface area is 199 Å². The highest BCUT2D eigenvalue weighted by Crippen LogP contribution is 2.41. The summed E-state index contributed by atoms with van der Waals surface area (Å²) in [5.74, 6) is -0.136. The number of aromatic amines is 1. The van der Waals surface area contributed by atoms with E-state index in [9.17, 15) is 22.4 Å². The Hall–Kier alpha value is -4.16. The highest BCUT2D eigenvalue weighted by Gasteiger charge is 2.29. The summed E-state index contributed by atoms with van der Waals surface area (Å²) in [6, 6.07) is 17.6. The van der Waals surface area contributed by atoms with Crippen molar-refractivity contribution < 1.29 is 16.5 Å². The summed E-state index contributed by atoms with van der Waals surface area (Å²) < 4.78 is 41.5. The molecule has 2 aromatic heterocycles. The van der Waals surface area contributed by atoms with Crippen molar-refractivity contribution in [1.82, 2.24) is 9.55 Å². The van der Waals surface area contributed by atoms with E-state index in [0.29, 0.717) is 27.5 Å². The van der Waals surface area contributed by atoms with Gasteiger partial charge < -0.3 is 13.7 Å². The maximum Gasteiger partial charge on any atom is 0.488 e. The van der Waals surface area contributed by atoms with E-state index in [2.05, 4.69) is 19.8 Å².